The Labute approximate surface area is 114 Å². The molecule has 1 N–H and O–H groups in total. The Morgan fingerprint density at radius 1 is 1.53 bits per heavy atom. The van der Waals surface area contributed by atoms with Crippen molar-refractivity contribution in [3.63, 3.8) is 0 Å². The van der Waals surface area contributed by atoms with E-state index in [9.17, 15) is 0 Å². The van der Waals surface area contributed by atoms with E-state index in [4.69, 9.17) is 4.74 Å². The molecular weight excluding hydrogens is 240 g/mol. The number of fused-ring (bicyclic) bond motifs is 1. The molecule has 3 heterocycles. The largest absolute Gasteiger partial charge is 0.374 e. The average molecular weight is 262 g/mol. The van der Waals surface area contributed by atoms with Crippen LogP contribution in [0.25, 0.3) is 0 Å². The lowest BCUT2D eigenvalue weighted by Gasteiger charge is -2.35. The van der Waals surface area contributed by atoms with Gasteiger partial charge in [-0.15, -0.1) is 0 Å². The molecule has 0 radical (unpaired) electrons. The maximum Gasteiger partial charge on any atom is 0.125 e. The number of rotatable bonds is 4. The van der Waals surface area contributed by atoms with Crippen LogP contribution in [-0.4, -0.2) is 53.3 Å². The molecule has 0 spiro atoms. The first kappa shape index (κ1) is 13.0. The highest BCUT2D eigenvalue weighted by atomic mass is 16.5. The molecule has 1 aromatic heterocycles. The second-order valence-electron chi connectivity index (χ2n) is 5.47. The van der Waals surface area contributed by atoms with Gasteiger partial charge < -0.3 is 10.1 Å². The Bertz CT molecular complexity index is 426. The van der Waals surface area contributed by atoms with Crippen LogP contribution in [0.15, 0.2) is 12.3 Å². The van der Waals surface area contributed by atoms with Crippen molar-refractivity contribution in [3.8, 4) is 0 Å². The number of hydrogen-bond donors (Lipinski definition) is 1. The van der Waals surface area contributed by atoms with Crippen molar-refractivity contribution in [3.05, 3.63) is 23.8 Å². The van der Waals surface area contributed by atoms with Gasteiger partial charge in [0.2, 0.25) is 0 Å². The van der Waals surface area contributed by atoms with Gasteiger partial charge in [0.25, 0.3) is 0 Å². The Kier molecular flexibility index (Phi) is 4.06. The van der Waals surface area contributed by atoms with E-state index in [2.05, 4.69) is 20.2 Å². The van der Waals surface area contributed by atoms with E-state index >= 15 is 0 Å². The van der Waals surface area contributed by atoms with Crippen LogP contribution in [0, 0.1) is 6.92 Å². The summed E-state index contributed by atoms with van der Waals surface area (Å²) in [4.78, 5) is 11.1. The second kappa shape index (κ2) is 5.94. The summed E-state index contributed by atoms with van der Waals surface area (Å²) in [7, 11) is 0. The third kappa shape index (κ3) is 3.29. The van der Waals surface area contributed by atoms with Crippen molar-refractivity contribution in [1.29, 1.82) is 0 Å². The fourth-order valence-corrected chi connectivity index (χ4v) is 2.97. The van der Waals surface area contributed by atoms with Gasteiger partial charge in [0.05, 0.1) is 18.4 Å². The van der Waals surface area contributed by atoms with Gasteiger partial charge in [-0.25, -0.2) is 9.97 Å². The number of aryl methyl sites for hydroxylation is 1. The summed E-state index contributed by atoms with van der Waals surface area (Å²) in [6.07, 6.45) is 4.76. The molecule has 3 rings (SSSR count). The number of aromatic nitrogens is 2. The Morgan fingerprint density at radius 2 is 2.47 bits per heavy atom. The van der Waals surface area contributed by atoms with Gasteiger partial charge >= 0.3 is 0 Å². The molecule has 2 fully saturated rings. The zero-order valence-corrected chi connectivity index (χ0v) is 11.5. The van der Waals surface area contributed by atoms with Gasteiger partial charge in [-0.1, -0.05) is 0 Å². The molecule has 2 aliphatic rings. The van der Waals surface area contributed by atoms with Crippen LogP contribution < -0.4 is 5.32 Å². The number of morpholine rings is 1. The molecule has 0 bridgehead atoms. The molecule has 5 heteroatoms. The minimum absolute atomic E-state index is 0.317. The normalized spacial score (nSPS) is 27.4. The zero-order chi connectivity index (χ0) is 13.1. The van der Waals surface area contributed by atoms with Gasteiger partial charge in [-0.2, -0.15) is 0 Å². The summed E-state index contributed by atoms with van der Waals surface area (Å²) >= 11 is 0. The molecule has 0 aliphatic carbocycles. The number of ether oxygens (including phenoxy) is 1. The van der Waals surface area contributed by atoms with Gasteiger partial charge in [0.15, 0.2) is 0 Å². The second-order valence-corrected chi connectivity index (χ2v) is 5.47. The van der Waals surface area contributed by atoms with Crippen molar-refractivity contribution >= 4 is 0 Å². The van der Waals surface area contributed by atoms with E-state index in [0.717, 1.165) is 37.8 Å². The van der Waals surface area contributed by atoms with Crippen molar-refractivity contribution in [1.82, 2.24) is 20.2 Å². The highest BCUT2D eigenvalue weighted by molar-refractivity contribution is 5.01. The monoisotopic (exact) mass is 262 g/mol. The van der Waals surface area contributed by atoms with Crippen LogP contribution in [0.4, 0.5) is 0 Å². The van der Waals surface area contributed by atoms with Crippen molar-refractivity contribution in [2.24, 2.45) is 0 Å². The lowest BCUT2D eigenvalue weighted by Crippen LogP contribution is -2.49. The Morgan fingerprint density at radius 3 is 3.37 bits per heavy atom. The SMILES string of the molecule is Cc1nccc(CNCC2CN3CCCC3CO2)n1. The predicted molar refractivity (Wildman–Crippen MR) is 72.8 cm³/mol. The van der Waals surface area contributed by atoms with Gasteiger partial charge in [-0.05, 0) is 32.4 Å². The summed E-state index contributed by atoms with van der Waals surface area (Å²) in [5.41, 5.74) is 1.04. The van der Waals surface area contributed by atoms with Gasteiger partial charge in [0.1, 0.15) is 5.82 Å². The highest BCUT2D eigenvalue weighted by Gasteiger charge is 2.31. The first-order chi connectivity index (χ1) is 9.31. The molecule has 19 heavy (non-hydrogen) atoms. The molecule has 2 saturated heterocycles. The van der Waals surface area contributed by atoms with Crippen molar-refractivity contribution in [2.75, 3.05) is 26.2 Å². The third-order valence-electron chi connectivity index (χ3n) is 3.97. The van der Waals surface area contributed by atoms with E-state index in [1.807, 2.05) is 19.2 Å². The molecule has 104 valence electrons. The highest BCUT2D eigenvalue weighted by Crippen LogP contribution is 2.22. The molecule has 0 amide bonds. The summed E-state index contributed by atoms with van der Waals surface area (Å²) in [5.74, 6) is 0.827. The summed E-state index contributed by atoms with van der Waals surface area (Å²) in [6, 6.07) is 2.64. The van der Waals surface area contributed by atoms with Crippen LogP contribution in [-0.2, 0) is 11.3 Å². The summed E-state index contributed by atoms with van der Waals surface area (Å²) in [5, 5.41) is 3.44. The third-order valence-corrected chi connectivity index (χ3v) is 3.97. The molecule has 2 unspecified atom stereocenters. The molecule has 5 nitrogen and oxygen atoms in total. The van der Waals surface area contributed by atoms with Crippen LogP contribution in [0.5, 0.6) is 0 Å². The van der Waals surface area contributed by atoms with E-state index < -0.39 is 0 Å². The standard InChI is InChI=1S/C14H22N4O/c1-11-16-5-4-12(17-11)7-15-8-14-9-18-6-2-3-13(18)10-19-14/h4-5,13-15H,2-3,6-10H2,1H3. The molecule has 0 saturated carbocycles. The smallest absolute Gasteiger partial charge is 0.125 e. The minimum atomic E-state index is 0.317. The fraction of sp³-hybridized carbons (Fsp3) is 0.714. The first-order valence-corrected chi connectivity index (χ1v) is 7.16. The van der Waals surface area contributed by atoms with Crippen LogP contribution in [0.3, 0.4) is 0 Å². The maximum absolute atomic E-state index is 5.92. The van der Waals surface area contributed by atoms with Gasteiger partial charge in [-0.3, -0.25) is 4.90 Å². The van der Waals surface area contributed by atoms with E-state index in [0.29, 0.717) is 12.1 Å². The number of nitrogens with one attached hydrogen (secondary N) is 1. The summed E-state index contributed by atoms with van der Waals surface area (Å²) in [6.45, 7) is 6.81. The average Bonchev–Trinajstić information content (AvgIpc) is 2.86. The Hall–Kier alpha value is -1.04. The fourth-order valence-electron chi connectivity index (χ4n) is 2.97. The Balaban J connectivity index is 1.43. The molecule has 2 aliphatic heterocycles. The van der Waals surface area contributed by atoms with E-state index in [-0.39, 0.29) is 0 Å². The van der Waals surface area contributed by atoms with E-state index in [1.165, 1.54) is 19.4 Å². The first-order valence-electron chi connectivity index (χ1n) is 7.16. The molecule has 0 aromatic carbocycles. The summed E-state index contributed by atoms with van der Waals surface area (Å²) < 4.78 is 5.92. The quantitative estimate of drug-likeness (QED) is 0.867. The molecule has 1 aromatic rings. The number of nitrogens with zero attached hydrogens (tertiary/aromatic N) is 3. The van der Waals surface area contributed by atoms with Crippen LogP contribution in [0.2, 0.25) is 0 Å². The number of hydrogen-bond acceptors (Lipinski definition) is 5. The maximum atomic E-state index is 5.92. The van der Waals surface area contributed by atoms with Crippen molar-refractivity contribution in [2.45, 2.75) is 38.5 Å². The lowest BCUT2D eigenvalue weighted by molar-refractivity contribution is -0.0470. The molecular formula is C14H22N4O. The van der Waals surface area contributed by atoms with Crippen molar-refractivity contribution < 1.29 is 4.74 Å². The zero-order valence-electron chi connectivity index (χ0n) is 11.5. The minimum Gasteiger partial charge on any atom is -0.374 e. The predicted octanol–water partition coefficient (Wildman–Crippen LogP) is 0.738. The molecule has 2 atom stereocenters. The topological polar surface area (TPSA) is 50.3 Å². The van der Waals surface area contributed by atoms with Crippen LogP contribution in [0.1, 0.15) is 24.4 Å². The van der Waals surface area contributed by atoms with Gasteiger partial charge in [0, 0.05) is 31.9 Å². The lowest BCUT2D eigenvalue weighted by atomic mass is 10.2. The van der Waals surface area contributed by atoms with E-state index in [1.54, 1.807) is 0 Å². The van der Waals surface area contributed by atoms with Crippen LogP contribution >= 0.6 is 0 Å².